The lowest BCUT2D eigenvalue weighted by Gasteiger charge is -2.06. The molecular weight excluding hydrogens is 241 g/mol. The van der Waals surface area contributed by atoms with Gasteiger partial charge >= 0.3 is 0 Å². The van der Waals surface area contributed by atoms with E-state index in [1.54, 1.807) is 6.07 Å². The Morgan fingerprint density at radius 1 is 1.16 bits per heavy atom. The van der Waals surface area contributed by atoms with Gasteiger partial charge in [0.25, 0.3) is 0 Å². The van der Waals surface area contributed by atoms with Crippen LogP contribution >= 0.6 is 0 Å². The lowest BCUT2D eigenvalue weighted by Crippen LogP contribution is -2.14. The summed E-state index contributed by atoms with van der Waals surface area (Å²) in [5.74, 6) is -0.0237. The van der Waals surface area contributed by atoms with Crippen molar-refractivity contribution in [2.45, 2.75) is 52.5 Å². The largest absolute Gasteiger partial charge is 0.505 e. The Balaban J connectivity index is 2.03. The number of nitrogens with one attached hydrogen (secondary N) is 1. The molecule has 108 valence electrons. The lowest BCUT2D eigenvalue weighted by molar-refractivity contribution is 0.431. The van der Waals surface area contributed by atoms with Gasteiger partial charge in [-0.2, -0.15) is 0 Å². The van der Waals surface area contributed by atoms with Crippen LogP contribution in [0.5, 0.6) is 5.75 Å². The zero-order valence-corrected chi connectivity index (χ0v) is 12.1. The molecular formula is C16H26FNO. The van der Waals surface area contributed by atoms with E-state index in [2.05, 4.69) is 19.2 Å². The van der Waals surface area contributed by atoms with Crippen LogP contribution in [0.1, 0.15) is 51.5 Å². The van der Waals surface area contributed by atoms with Crippen molar-refractivity contribution in [1.29, 1.82) is 0 Å². The summed E-state index contributed by atoms with van der Waals surface area (Å²) in [5, 5.41) is 12.4. The smallest absolute Gasteiger partial charge is 0.165 e. The molecule has 0 fully saturated rings. The minimum absolute atomic E-state index is 0.283. The maximum Gasteiger partial charge on any atom is 0.165 e. The summed E-state index contributed by atoms with van der Waals surface area (Å²) in [7, 11) is 0. The zero-order valence-electron chi connectivity index (χ0n) is 12.1. The normalized spacial score (nSPS) is 11.2. The molecule has 0 aliphatic heterocycles. The van der Waals surface area contributed by atoms with Gasteiger partial charge in [0.05, 0.1) is 0 Å². The summed E-state index contributed by atoms with van der Waals surface area (Å²) < 4.78 is 13.1. The minimum atomic E-state index is -0.548. The topological polar surface area (TPSA) is 32.3 Å². The molecule has 0 unspecified atom stereocenters. The van der Waals surface area contributed by atoms with E-state index in [-0.39, 0.29) is 5.75 Å². The monoisotopic (exact) mass is 267 g/mol. The highest BCUT2D eigenvalue weighted by Crippen LogP contribution is 2.16. The fourth-order valence-corrected chi connectivity index (χ4v) is 2.05. The van der Waals surface area contributed by atoms with Crippen molar-refractivity contribution >= 4 is 0 Å². The Hall–Kier alpha value is -1.09. The van der Waals surface area contributed by atoms with Crippen LogP contribution in [0.4, 0.5) is 4.39 Å². The molecule has 0 aromatic heterocycles. The molecule has 0 spiro atoms. The van der Waals surface area contributed by atoms with Crippen LogP contribution in [0.3, 0.4) is 0 Å². The molecule has 0 atom stereocenters. The van der Waals surface area contributed by atoms with Gasteiger partial charge in [-0.25, -0.2) is 4.39 Å². The molecule has 2 nitrogen and oxygen atoms in total. The maximum absolute atomic E-state index is 13.1. The van der Waals surface area contributed by atoms with Crippen LogP contribution in [0, 0.1) is 11.7 Å². The van der Waals surface area contributed by atoms with Crippen molar-refractivity contribution in [2.75, 3.05) is 6.54 Å². The number of hydrogen-bond donors (Lipinski definition) is 2. The number of hydrogen-bond acceptors (Lipinski definition) is 2. The SMILES string of the molecule is CC(C)CCCCCCNCc1ccc(O)c(F)c1. The molecule has 1 rings (SSSR count). The quantitative estimate of drug-likeness (QED) is 0.656. The number of phenolic OH excluding ortho intramolecular Hbond substituents is 1. The molecule has 1 aromatic rings. The van der Waals surface area contributed by atoms with Crippen LogP contribution in [0.25, 0.3) is 0 Å². The van der Waals surface area contributed by atoms with Crippen LogP contribution < -0.4 is 5.32 Å². The second kappa shape index (κ2) is 8.92. The summed E-state index contributed by atoms with van der Waals surface area (Å²) in [6, 6.07) is 4.53. The summed E-state index contributed by atoms with van der Waals surface area (Å²) >= 11 is 0. The van der Waals surface area contributed by atoms with Crippen LogP contribution in [-0.2, 0) is 6.54 Å². The number of phenols is 1. The van der Waals surface area contributed by atoms with Crippen molar-refractivity contribution in [3.05, 3.63) is 29.6 Å². The third-order valence-electron chi connectivity index (χ3n) is 3.23. The van der Waals surface area contributed by atoms with Crippen LogP contribution in [0.15, 0.2) is 18.2 Å². The standard InChI is InChI=1S/C16H26FNO/c1-13(2)7-5-3-4-6-10-18-12-14-8-9-16(19)15(17)11-14/h8-9,11,13,18-19H,3-7,10,12H2,1-2H3. The Labute approximate surface area is 116 Å². The van der Waals surface area contributed by atoms with Gasteiger partial charge < -0.3 is 10.4 Å². The van der Waals surface area contributed by atoms with Gasteiger partial charge in [-0.3, -0.25) is 0 Å². The molecule has 0 radical (unpaired) electrons. The number of benzene rings is 1. The predicted molar refractivity (Wildman–Crippen MR) is 77.7 cm³/mol. The Bertz CT molecular complexity index is 366. The Kier molecular flexibility index (Phi) is 7.49. The van der Waals surface area contributed by atoms with Crippen LogP contribution in [0.2, 0.25) is 0 Å². The average Bonchev–Trinajstić information content (AvgIpc) is 2.36. The van der Waals surface area contributed by atoms with Crippen molar-refractivity contribution in [1.82, 2.24) is 5.32 Å². The number of rotatable bonds is 9. The molecule has 1 aromatic carbocycles. The predicted octanol–water partition coefficient (Wildman–Crippen LogP) is 4.23. The van der Waals surface area contributed by atoms with E-state index in [4.69, 9.17) is 5.11 Å². The summed E-state index contributed by atoms with van der Waals surface area (Å²) in [5.41, 5.74) is 0.870. The number of aromatic hydroxyl groups is 1. The van der Waals surface area contributed by atoms with E-state index in [9.17, 15) is 4.39 Å². The highest BCUT2D eigenvalue weighted by Gasteiger charge is 2.01. The van der Waals surface area contributed by atoms with Crippen LogP contribution in [-0.4, -0.2) is 11.7 Å². The molecule has 19 heavy (non-hydrogen) atoms. The number of halogens is 1. The molecule has 3 heteroatoms. The fourth-order valence-electron chi connectivity index (χ4n) is 2.05. The van der Waals surface area contributed by atoms with Gasteiger partial charge in [-0.15, -0.1) is 0 Å². The van der Waals surface area contributed by atoms with E-state index in [1.165, 1.54) is 44.2 Å². The molecule has 0 saturated carbocycles. The fraction of sp³-hybridized carbons (Fsp3) is 0.625. The van der Waals surface area contributed by atoms with E-state index in [0.717, 1.165) is 18.0 Å². The molecule has 0 aliphatic carbocycles. The average molecular weight is 267 g/mol. The molecule has 2 N–H and O–H groups in total. The first-order valence-corrected chi connectivity index (χ1v) is 7.27. The van der Waals surface area contributed by atoms with Crippen molar-refractivity contribution < 1.29 is 9.50 Å². The lowest BCUT2D eigenvalue weighted by atomic mass is 10.0. The first kappa shape index (κ1) is 16.0. The number of unbranched alkanes of at least 4 members (excludes halogenated alkanes) is 3. The summed E-state index contributed by atoms with van der Waals surface area (Å²) in [6.07, 6.45) is 6.36. The third kappa shape index (κ3) is 7.16. The zero-order chi connectivity index (χ0) is 14.1. The minimum Gasteiger partial charge on any atom is -0.505 e. The Morgan fingerprint density at radius 3 is 2.58 bits per heavy atom. The van der Waals surface area contributed by atoms with Crippen molar-refractivity contribution in [2.24, 2.45) is 5.92 Å². The van der Waals surface area contributed by atoms with Crippen molar-refractivity contribution in [3.63, 3.8) is 0 Å². The molecule has 0 saturated heterocycles. The van der Waals surface area contributed by atoms with Crippen molar-refractivity contribution in [3.8, 4) is 5.75 Å². The van der Waals surface area contributed by atoms with E-state index >= 15 is 0 Å². The highest BCUT2D eigenvalue weighted by molar-refractivity contribution is 5.27. The van der Waals surface area contributed by atoms with E-state index in [0.29, 0.717) is 6.54 Å². The van der Waals surface area contributed by atoms with Gasteiger partial charge in [0.2, 0.25) is 0 Å². The second-order valence-corrected chi connectivity index (χ2v) is 5.56. The van der Waals surface area contributed by atoms with Gasteiger partial charge in [0.1, 0.15) is 0 Å². The van der Waals surface area contributed by atoms with E-state index in [1.807, 2.05) is 0 Å². The molecule has 0 amide bonds. The summed E-state index contributed by atoms with van der Waals surface area (Å²) in [6.45, 7) is 6.14. The Morgan fingerprint density at radius 2 is 1.89 bits per heavy atom. The third-order valence-corrected chi connectivity index (χ3v) is 3.23. The summed E-state index contributed by atoms with van der Waals surface area (Å²) in [4.78, 5) is 0. The maximum atomic E-state index is 13.1. The van der Waals surface area contributed by atoms with Gasteiger partial charge in [-0.1, -0.05) is 45.6 Å². The molecule has 0 heterocycles. The first-order chi connectivity index (χ1) is 9.09. The van der Waals surface area contributed by atoms with Gasteiger partial charge in [-0.05, 0) is 36.6 Å². The highest BCUT2D eigenvalue weighted by atomic mass is 19.1. The molecule has 0 aliphatic rings. The first-order valence-electron chi connectivity index (χ1n) is 7.27. The van der Waals surface area contributed by atoms with Gasteiger partial charge in [0, 0.05) is 6.54 Å². The van der Waals surface area contributed by atoms with E-state index < -0.39 is 5.82 Å². The second-order valence-electron chi connectivity index (χ2n) is 5.56. The van der Waals surface area contributed by atoms with Gasteiger partial charge in [0.15, 0.2) is 11.6 Å². The molecule has 0 bridgehead atoms.